The molecule has 2 unspecified atom stereocenters. The molecule has 5 heteroatoms. The predicted molar refractivity (Wildman–Crippen MR) is 94.7 cm³/mol. The van der Waals surface area contributed by atoms with Gasteiger partial charge < -0.3 is 14.8 Å². The summed E-state index contributed by atoms with van der Waals surface area (Å²) in [6, 6.07) is 0. The third-order valence-electron chi connectivity index (χ3n) is 3.57. The molecule has 138 valence electrons. The molecule has 0 radical (unpaired) electrons. The first-order chi connectivity index (χ1) is 11.0. The second-order valence-electron chi connectivity index (χ2n) is 8.52. The molecule has 1 aliphatic carbocycles. The Balaban J connectivity index is 2.75. The molecule has 0 aliphatic heterocycles. The molecule has 0 fully saturated rings. The van der Waals surface area contributed by atoms with Gasteiger partial charge in [0.05, 0.1) is 0 Å². The number of hydrogen-bond donors (Lipinski definition) is 1. The van der Waals surface area contributed by atoms with Gasteiger partial charge in [-0.3, -0.25) is 4.79 Å². The Kier molecular flexibility index (Phi) is 7.30. The fraction of sp³-hybridized carbons (Fsp3) is 0.789. The Morgan fingerprint density at radius 1 is 1.12 bits per heavy atom. The molecule has 0 spiro atoms. The minimum absolute atomic E-state index is 0.0146. The summed E-state index contributed by atoms with van der Waals surface area (Å²) in [4.78, 5) is 24.3. The lowest BCUT2D eigenvalue weighted by atomic mass is 9.89. The average Bonchev–Trinajstić information content (AvgIpc) is 2.32. The normalized spacial score (nSPS) is 23.6. The van der Waals surface area contributed by atoms with E-state index in [2.05, 4.69) is 5.32 Å². The SMILES string of the molecule is CC(C)(C)NC(=O)CC1CCCC/C=C/C1OC(=O)OC(C)(C)C. The van der Waals surface area contributed by atoms with Crippen LogP contribution >= 0.6 is 0 Å². The van der Waals surface area contributed by atoms with Crippen molar-refractivity contribution in [3.63, 3.8) is 0 Å². The van der Waals surface area contributed by atoms with Gasteiger partial charge in [-0.05, 0) is 66.9 Å². The quantitative estimate of drug-likeness (QED) is 0.613. The van der Waals surface area contributed by atoms with Gasteiger partial charge in [0.15, 0.2) is 0 Å². The summed E-state index contributed by atoms with van der Waals surface area (Å²) in [6.07, 6.45) is 7.10. The third kappa shape index (κ3) is 8.94. The van der Waals surface area contributed by atoms with Crippen LogP contribution in [0.1, 0.15) is 73.6 Å². The zero-order valence-electron chi connectivity index (χ0n) is 16.0. The number of ether oxygens (including phenoxy) is 2. The second-order valence-corrected chi connectivity index (χ2v) is 8.52. The summed E-state index contributed by atoms with van der Waals surface area (Å²) in [5.41, 5.74) is -0.864. The summed E-state index contributed by atoms with van der Waals surface area (Å²) in [5, 5.41) is 2.98. The highest BCUT2D eigenvalue weighted by Gasteiger charge is 2.29. The number of hydrogen-bond acceptors (Lipinski definition) is 4. The van der Waals surface area contributed by atoms with Crippen LogP contribution in [0.25, 0.3) is 0 Å². The van der Waals surface area contributed by atoms with E-state index >= 15 is 0 Å². The van der Waals surface area contributed by atoms with Crippen LogP contribution in [0, 0.1) is 5.92 Å². The van der Waals surface area contributed by atoms with Crippen molar-refractivity contribution in [1.82, 2.24) is 5.32 Å². The second kappa shape index (κ2) is 8.54. The molecule has 0 bridgehead atoms. The molecule has 0 saturated heterocycles. The summed E-state index contributed by atoms with van der Waals surface area (Å²) >= 11 is 0. The molecule has 2 atom stereocenters. The number of amides is 1. The maximum atomic E-state index is 12.3. The summed E-state index contributed by atoms with van der Waals surface area (Å²) in [6.45, 7) is 11.3. The number of carbonyl (C=O) groups excluding carboxylic acids is 2. The molecule has 1 rings (SSSR count). The topological polar surface area (TPSA) is 64.6 Å². The Hall–Kier alpha value is -1.52. The molecule has 1 N–H and O–H groups in total. The molecule has 5 nitrogen and oxygen atoms in total. The van der Waals surface area contributed by atoms with Gasteiger partial charge in [-0.25, -0.2) is 4.79 Å². The Morgan fingerprint density at radius 3 is 2.38 bits per heavy atom. The molecule has 0 aromatic rings. The lowest BCUT2D eigenvalue weighted by Gasteiger charge is -2.29. The van der Waals surface area contributed by atoms with Crippen molar-refractivity contribution in [2.24, 2.45) is 5.92 Å². The molecule has 1 aliphatic rings. The van der Waals surface area contributed by atoms with Crippen molar-refractivity contribution < 1.29 is 19.1 Å². The molecule has 0 heterocycles. The molecule has 1 amide bonds. The summed E-state index contributed by atoms with van der Waals surface area (Å²) < 4.78 is 10.8. The fourth-order valence-electron chi connectivity index (χ4n) is 2.67. The first-order valence-corrected chi connectivity index (χ1v) is 8.83. The van der Waals surface area contributed by atoms with Gasteiger partial charge in [0.1, 0.15) is 11.7 Å². The average molecular weight is 339 g/mol. The number of carbonyl (C=O) groups is 2. The molecule has 24 heavy (non-hydrogen) atoms. The van der Waals surface area contributed by atoms with E-state index in [9.17, 15) is 9.59 Å². The Bertz CT molecular complexity index is 457. The molecular weight excluding hydrogens is 306 g/mol. The Labute approximate surface area is 146 Å². The zero-order valence-corrected chi connectivity index (χ0v) is 16.0. The largest absolute Gasteiger partial charge is 0.509 e. The van der Waals surface area contributed by atoms with Gasteiger partial charge in [-0.2, -0.15) is 0 Å². The van der Waals surface area contributed by atoms with Crippen molar-refractivity contribution in [1.29, 1.82) is 0 Å². The maximum Gasteiger partial charge on any atom is 0.509 e. The minimum Gasteiger partial charge on any atom is -0.429 e. The highest BCUT2D eigenvalue weighted by molar-refractivity contribution is 5.77. The fourth-order valence-corrected chi connectivity index (χ4v) is 2.67. The number of nitrogens with one attached hydrogen (secondary N) is 1. The van der Waals surface area contributed by atoms with E-state index in [4.69, 9.17) is 9.47 Å². The zero-order chi connectivity index (χ0) is 18.4. The van der Waals surface area contributed by atoms with E-state index in [1.807, 2.05) is 32.9 Å². The van der Waals surface area contributed by atoms with Crippen molar-refractivity contribution in [3.05, 3.63) is 12.2 Å². The smallest absolute Gasteiger partial charge is 0.429 e. The van der Waals surface area contributed by atoms with Gasteiger partial charge in [-0.15, -0.1) is 0 Å². The van der Waals surface area contributed by atoms with Gasteiger partial charge >= 0.3 is 6.16 Å². The van der Waals surface area contributed by atoms with Crippen molar-refractivity contribution in [2.45, 2.75) is 90.9 Å². The third-order valence-corrected chi connectivity index (χ3v) is 3.57. The van der Waals surface area contributed by atoms with Crippen molar-refractivity contribution in [2.75, 3.05) is 0 Å². The lowest BCUT2D eigenvalue weighted by molar-refractivity contribution is -0.124. The van der Waals surface area contributed by atoms with Gasteiger partial charge in [0.2, 0.25) is 5.91 Å². The molecule has 0 aromatic carbocycles. The standard InChI is InChI=1S/C19H33NO4/c1-18(2,3)20-16(21)13-14-11-9-7-8-10-12-15(14)23-17(22)24-19(4,5)6/h10,12,14-15H,7-9,11,13H2,1-6H3,(H,20,21)/b12-10+. The van der Waals surface area contributed by atoms with Crippen LogP contribution in [0.4, 0.5) is 4.79 Å². The maximum absolute atomic E-state index is 12.3. The molecule has 0 saturated carbocycles. The van der Waals surface area contributed by atoms with E-state index in [-0.39, 0.29) is 17.4 Å². The van der Waals surface area contributed by atoms with Crippen LogP contribution < -0.4 is 5.32 Å². The predicted octanol–water partition coefficient (Wildman–Crippen LogP) is 4.36. The van der Waals surface area contributed by atoms with Crippen LogP contribution in [0.3, 0.4) is 0 Å². The minimum atomic E-state index is -0.682. The Morgan fingerprint density at radius 2 is 1.79 bits per heavy atom. The van der Waals surface area contributed by atoms with E-state index in [1.165, 1.54) is 0 Å². The summed E-state index contributed by atoms with van der Waals surface area (Å²) in [5.74, 6) is -0.0457. The van der Waals surface area contributed by atoms with Crippen LogP contribution in [0.2, 0.25) is 0 Å². The highest BCUT2D eigenvalue weighted by Crippen LogP contribution is 2.25. The van der Waals surface area contributed by atoms with Crippen molar-refractivity contribution in [3.8, 4) is 0 Å². The van der Waals surface area contributed by atoms with Gasteiger partial charge in [0, 0.05) is 17.9 Å². The first kappa shape index (κ1) is 20.5. The monoisotopic (exact) mass is 339 g/mol. The van der Waals surface area contributed by atoms with Crippen LogP contribution in [-0.2, 0) is 14.3 Å². The van der Waals surface area contributed by atoms with E-state index in [0.29, 0.717) is 6.42 Å². The first-order valence-electron chi connectivity index (χ1n) is 8.83. The van der Waals surface area contributed by atoms with Crippen LogP contribution in [-0.4, -0.2) is 29.3 Å². The van der Waals surface area contributed by atoms with E-state index in [0.717, 1.165) is 25.7 Å². The van der Waals surface area contributed by atoms with Crippen molar-refractivity contribution >= 4 is 12.1 Å². The molecule has 0 aromatic heterocycles. The number of rotatable bonds is 3. The van der Waals surface area contributed by atoms with Gasteiger partial charge in [-0.1, -0.05) is 12.5 Å². The number of allylic oxidation sites excluding steroid dienone is 1. The van der Waals surface area contributed by atoms with Gasteiger partial charge in [0.25, 0.3) is 0 Å². The lowest BCUT2D eigenvalue weighted by Crippen LogP contribution is -2.42. The van der Waals surface area contributed by atoms with E-state index < -0.39 is 17.9 Å². The highest BCUT2D eigenvalue weighted by atomic mass is 16.7. The van der Waals surface area contributed by atoms with Crippen LogP contribution in [0.15, 0.2) is 12.2 Å². The van der Waals surface area contributed by atoms with E-state index in [1.54, 1.807) is 20.8 Å². The van der Waals surface area contributed by atoms with Crippen LogP contribution in [0.5, 0.6) is 0 Å². The summed E-state index contributed by atoms with van der Waals surface area (Å²) in [7, 11) is 0. The molecular formula is C19H33NO4.